The Morgan fingerprint density at radius 2 is 1.88 bits per heavy atom. The molecule has 0 radical (unpaired) electrons. The molecule has 25 heavy (non-hydrogen) atoms. The maximum atomic E-state index is 12.2. The third-order valence-electron chi connectivity index (χ3n) is 3.66. The maximum Gasteiger partial charge on any atom is 0.336 e. The van der Waals surface area contributed by atoms with Crippen LogP contribution in [-0.2, 0) is 11.3 Å². The van der Waals surface area contributed by atoms with Crippen molar-refractivity contribution in [1.82, 2.24) is 5.32 Å². The molecule has 0 bridgehead atoms. The van der Waals surface area contributed by atoms with Gasteiger partial charge in [0, 0.05) is 29.1 Å². The van der Waals surface area contributed by atoms with Crippen LogP contribution in [0.1, 0.15) is 12.5 Å². The van der Waals surface area contributed by atoms with E-state index in [2.05, 4.69) is 5.32 Å². The van der Waals surface area contributed by atoms with Gasteiger partial charge in [-0.3, -0.25) is 4.79 Å². The summed E-state index contributed by atoms with van der Waals surface area (Å²) in [4.78, 5) is 23.5. The molecule has 1 atom stereocenters. The fraction of sp³-hybridized carbons (Fsp3) is 0.158. The predicted molar refractivity (Wildman–Crippen MR) is 95.9 cm³/mol. The van der Waals surface area contributed by atoms with Crippen molar-refractivity contribution in [3.05, 3.63) is 75.6 Å². The van der Waals surface area contributed by atoms with E-state index in [4.69, 9.17) is 20.8 Å². The molecule has 0 saturated carbocycles. The molecule has 3 rings (SSSR count). The van der Waals surface area contributed by atoms with Crippen LogP contribution in [0.25, 0.3) is 11.0 Å². The van der Waals surface area contributed by atoms with Crippen molar-refractivity contribution in [2.45, 2.75) is 19.6 Å². The molecule has 2 aromatic carbocycles. The van der Waals surface area contributed by atoms with E-state index in [1.54, 1.807) is 43.3 Å². The number of amides is 1. The number of hydrogen-bond donors (Lipinski definition) is 1. The van der Waals surface area contributed by atoms with E-state index in [0.29, 0.717) is 22.9 Å². The number of rotatable bonds is 5. The van der Waals surface area contributed by atoms with E-state index in [-0.39, 0.29) is 5.91 Å². The number of ether oxygens (including phenoxy) is 1. The lowest BCUT2D eigenvalue weighted by molar-refractivity contribution is -0.127. The first kappa shape index (κ1) is 17.0. The summed E-state index contributed by atoms with van der Waals surface area (Å²) < 4.78 is 10.7. The molecule has 0 aliphatic carbocycles. The number of fused-ring (bicyclic) bond motifs is 1. The van der Waals surface area contributed by atoms with Crippen LogP contribution in [0.4, 0.5) is 0 Å². The second-order valence-electron chi connectivity index (χ2n) is 5.56. The van der Waals surface area contributed by atoms with Gasteiger partial charge in [0.05, 0.1) is 0 Å². The highest BCUT2D eigenvalue weighted by Crippen LogP contribution is 2.20. The summed E-state index contributed by atoms with van der Waals surface area (Å²) in [5, 5.41) is 4.24. The summed E-state index contributed by atoms with van der Waals surface area (Å²) in [7, 11) is 0. The molecular formula is C19H16ClNO4. The summed E-state index contributed by atoms with van der Waals surface area (Å²) in [6.45, 7) is 2.04. The molecule has 6 heteroatoms. The van der Waals surface area contributed by atoms with Gasteiger partial charge in [-0.15, -0.1) is 0 Å². The summed E-state index contributed by atoms with van der Waals surface area (Å²) in [6.07, 6.45) is -0.694. The molecule has 0 fully saturated rings. The third kappa shape index (κ3) is 4.39. The lowest BCUT2D eigenvalue weighted by atomic mass is 10.2. The Morgan fingerprint density at radius 1 is 1.16 bits per heavy atom. The van der Waals surface area contributed by atoms with E-state index >= 15 is 0 Å². The summed E-state index contributed by atoms with van der Waals surface area (Å²) in [5.74, 6) is 0.209. The Hall–Kier alpha value is -2.79. The highest BCUT2D eigenvalue weighted by Gasteiger charge is 2.14. The number of halogens is 1. The molecule has 0 aliphatic rings. The van der Waals surface area contributed by atoms with Crippen molar-refractivity contribution in [2.75, 3.05) is 0 Å². The van der Waals surface area contributed by atoms with Gasteiger partial charge in [-0.1, -0.05) is 23.7 Å². The molecule has 5 nitrogen and oxygen atoms in total. The minimum absolute atomic E-state index is 0.246. The first-order chi connectivity index (χ1) is 12.0. The zero-order chi connectivity index (χ0) is 17.8. The minimum atomic E-state index is -0.694. The smallest absolute Gasteiger partial charge is 0.336 e. The molecular weight excluding hydrogens is 342 g/mol. The van der Waals surface area contributed by atoms with Crippen LogP contribution in [0, 0.1) is 0 Å². The lowest BCUT2D eigenvalue weighted by Crippen LogP contribution is -2.35. The number of carbonyl (C=O) groups excluding carboxylic acids is 1. The summed E-state index contributed by atoms with van der Waals surface area (Å²) >= 11 is 5.83. The van der Waals surface area contributed by atoms with Crippen molar-refractivity contribution in [1.29, 1.82) is 0 Å². The number of carbonyl (C=O) groups is 1. The van der Waals surface area contributed by atoms with Gasteiger partial charge in [-0.25, -0.2) is 4.79 Å². The van der Waals surface area contributed by atoms with Crippen LogP contribution >= 0.6 is 11.6 Å². The molecule has 1 amide bonds. The monoisotopic (exact) mass is 357 g/mol. The average Bonchev–Trinajstić information content (AvgIpc) is 2.60. The molecule has 1 aromatic heterocycles. The second kappa shape index (κ2) is 7.40. The Balaban J connectivity index is 1.62. The normalized spacial score (nSPS) is 11.9. The van der Waals surface area contributed by atoms with Crippen LogP contribution in [0.5, 0.6) is 5.75 Å². The van der Waals surface area contributed by atoms with Crippen molar-refractivity contribution >= 4 is 28.5 Å². The summed E-state index contributed by atoms with van der Waals surface area (Å²) in [6, 6.07) is 15.4. The molecule has 3 aromatic rings. The molecule has 1 N–H and O–H groups in total. The van der Waals surface area contributed by atoms with Crippen LogP contribution in [0.2, 0.25) is 5.02 Å². The van der Waals surface area contributed by atoms with E-state index in [9.17, 15) is 9.59 Å². The molecule has 0 spiro atoms. The first-order valence-corrected chi connectivity index (χ1v) is 8.12. The van der Waals surface area contributed by atoms with Crippen LogP contribution in [-0.4, -0.2) is 12.0 Å². The quantitative estimate of drug-likeness (QED) is 0.709. The summed E-state index contributed by atoms with van der Waals surface area (Å²) in [5.41, 5.74) is 0.926. The Kier molecular flexibility index (Phi) is 5.05. The largest absolute Gasteiger partial charge is 0.481 e. The zero-order valence-electron chi connectivity index (χ0n) is 13.5. The first-order valence-electron chi connectivity index (χ1n) is 7.74. The standard InChI is InChI=1S/C19H16ClNO4/c1-12(19(23)21-11-13-2-6-15(20)7-3-13)24-16-8-4-14-5-9-18(22)25-17(14)10-16/h2-10,12H,11H2,1H3,(H,21,23)/t12-/m0/s1. The van der Waals surface area contributed by atoms with Gasteiger partial charge in [0.25, 0.3) is 5.91 Å². The van der Waals surface area contributed by atoms with Gasteiger partial charge >= 0.3 is 5.63 Å². The Labute approximate surface area is 149 Å². The number of hydrogen-bond acceptors (Lipinski definition) is 4. The molecule has 0 aliphatic heterocycles. The van der Waals surface area contributed by atoms with Crippen LogP contribution in [0.15, 0.2) is 63.8 Å². The highest BCUT2D eigenvalue weighted by atomic mass is 35.5. The van der Waals surface area contributed by atoms with Crippen molar-refractivity contribution in [3.8, 4) is 5.75 Å². The van der Waals surface area contributed by atoms with E-state index in [1.807, 2.05) is 12.1 Å². The van der Waals surface area contributed by atoms with Gasteiger partial charge in [-0.05, 0) is 42.8 Å². The van der Waals surface area contributed by atoms with Gasteiger partial charge in [0.15, 0.2) is 6.10 Å². The predicted octanol–water partition coefficient (Wildman–Crippen LogP) is 3.53. The highest BCUT2D eigenvalue weighted by molar-refractivity contribution is 6.30. The lowest BCUT2D eigenvalue weighted by Gasteiger charge is -2.15. The minimum Gasteiger partial charge on any atom is -0.481 e. The van der Waals surface area contributed by atoms with E-state index < -0.39 is 11.7 Å². The number of nitrogens with one attached hydrogen (secondary N) is 1. The Bertz CT molecular complexity index is 950. The van der Waals surface area contributed by atoms with Crippen LogP contribution in [0.3, 0.4) is 0 Å². The molecule has 1 heterocycles. The van der Waals surface area contributed by atoms with Gasteiger partial charge in [0.2, 0.25) is 0 Å². The average molecular weight is 358 g/mol. The fourth-order valence-electron chi connectivity index (χ4n) is 2.31. The fourth-order valence-corrected chi connectivity index (χ4v) is 2.43. The van der Waals surface area contributed by atoms with Crippen molar-refractivity contribution in [3.63, 3.8) is 0 Å². The van der Waals surface area contributed by atoms with Crippen molar-refractivity contribution < 1.29 is 13.9 Å². The Morgan fingerprint density at radius 3 is 2.64 bits per heavy atom. The van der Waals surface area contributed by atoms with Gasteiger partial charge in [-0.2, -0.15) is 0 Å². The molecule has 0 unspecified atom stereocenters. The van der Waals surface area contributed by atoms with Crippen LogP contribution < -0.4 is 15.7 Å². The van der Waals surface area contributed by atoms with Gasteiger partial charge in [0.1, 0.15) is 11.3 Å². The second-order valence-corrected chi connectivity index (χ2v) is 5.99. The third-order valence-corrected chi connectivity index (χ3v) is 3.91. The SMILES string of the molecule is C[C@H](Oc1ccc2ccc(=O)oc2c1)C(=O)NCc1ccc(Cl)cc1. The van der Waals surface area contributed by atoms with Gasteiger partial charge < -0.3 is 14.5 Å². The zero-order valence-corrected chi connectivity index (χ0v) is 14.2. The van der Waals surface area contributed by atoms with E-state index in [1.165, 1.54) is 6.07 Å². The topological polar surface area (TPSA) is 68.5 Å². The molecule has 128 valence electrons. The molecule has 0 saturated heterocycles. The number of benzene rings is 2. The van der Waals surface area contributed by atoms with E-state index in [0.717, 1.165) is 10.9 Å². The maximum absolute atomic E-state index is 12.2. The van der Waals surface area contributed by atoms with Crippen molar-refractivity contribution in [2.24, 2.45) is 0 Å².